The highest BCUT2D eigenvalue weighted by atomic mass is 35.5. The summed E-state index contributed by atoms with van der Waals surface area (Å²) >= 11 is 0. The Hall–Kier alpha value is -2.24. The third-order valence-electron chi connectivity index (χ3n) is 3.80. The van der Waals surface area contributed by atoms with Gasteiger partial charge in [-0.25, -0.2) is 0 Å². The molecule has 2 aromatic rings. The van der Waals surface area contributed by atoms with Crippen molar-refractivity contribution in [1.29, 1.82) is 0 Å². The fourth-order valence-corrected chi connectivity index (χ4v) is 2.58. The van der Waals surface area contributed by atoms with Crippen molar-refractivity contribution in [3.05, 3.63) is 59.7 Å². The van der Waals surface area contributed by atoms with Gasteiger partial charge in [0.2, 0.25) is 5.91 Å². The van der Waals surface area contributed by atoms with Crippen LogP contribution >= 0.6 is 12.4 Å². The summed E-state index contributed by atoms with van der Waals surface area (Å²) in [4.78, 5) is 12.0. The molecule has 3 N–H and O–H groups in total. The van der Waals surface area contributed by atoms with Crippen LogP contribution < -0.4 is 20.5 Å². The first-order chi connectivity index (χ1) is 11.7. The van der Waals surface area contributed by atoms with Gasteiger partial charge in [0.15, 0.2) is 11.5 Å². The molecule has 1 unspecified atom stereocenters. The molecule has 0 saturated heterocycles. The number of hydrogen-bond acceptors (Lipinski definition) is 4. The summed E-state index contributed by atoms with van der Waals surface area (Å²) in [5.41, 5.74) is 7.58. The van der Waals surface area contributed by atoms with Crippen LogP contribution in [0.4, 0.5) is 0 Å². The van der Waals surface area contributed by atoms with Crippen LogP contribution in [-0.2, 0) is 11.2 Å². The number of rotatable bonds is 8. The van der Waals surface area contributed by atoms with Gasteiger partial charge in [-0.3, -0.25) is 4.79 Å². The number of carbonyl (C=O) groups excluding carboxylic acids is 1. The molecule has 0 aliphatic heterocycles. The molecule has 0 saturated carbocycles. The second-order valence-electron chi connectivity index (χ2n) is 5.46. The SMILES string of the molecule is COc1ccc(CC(NC(=O)CCN)c2ccccc2)cc1OC.Cl. The molecule has 136 valence electrons. The summed E-state index contributed by atoms with van der Waals surface area (Å²) in [5, 5.41) is 3.06. The molecule has 6 heteroatoms. The maximum atomic E-state index is 12.0. The van der Waals surface area contributed by atoms with Crippen molar-refractivity contribution in [1.82, 2.24) is 5.32 Å². The van der Waals surface area contributed by atoms with Gasteiger partial charge >= 0.3 is 0 Å². The zero-order chi connectivity index (χ0) is 17.4. The average molecular weight is 365 g/mol. The van der Waals surface area contributed by atoms with E-state index in [-0.39, 0.29) is 24.4 Å². The van der Waals surface area contributed by atoms with Crippen molar-refractivity contribution in [2.45, 2.75) is 18.9 Å². The van der Waals surface area contributed by atoms with E-state index in [4.69, 9.17) is 15.2 Å². The molecule has 0 bridgehead atoms. The van der Waals surface area contributed by atoms with E-state index in [0.717, 1.165) is 11.1 Å². The van der Waals surface area contributed by atoms with Crippen molar-refractivity contribution < 1.29 is 14.3 Å². The van der Waals surface area contributed by atoms with Gasteiger partial charge in [-0.2, -0.15) is 0 Å². The number of amides is 1. The molecular formula is C19H25ClN2O3. The zero-order valence-electron chi connectivity index (χ0n) is 14.5. The fourth-order valence-electron chi connectivity index (χ4n) is 2.58. The molecule has 0 heterocycles. The molecule has 0 aliphatic rings. The number of nitrogens with two attached hydrogens (primary N) is 1. The Morgan fingerprint density at radius 3 is 2.36 bits per heavy atom. The zero-order valence-corrected chi connectivity index (χ0v) is 15.3. The summed E-state index contributed by atoms with van der Waals surface area (Å²) in [6.45, 7) is 0.337. The summed E-state index contributed by atoms with van der Waals surface area (Å²) in [6.07, 6.45) is 0.968. The minimum atomic E-state index is -0.122. The summed E-state index contributed by atoms with van der Waals surface area (Å²) in [6, 6.07) is 15.6. The second kappa shape index (κ2) is 10.6. The molecule has 1 atom stereocenters. The lowest BCUT2D eigenvalue weighted by molar-refractivity contribution is -0.121. The lowest BCUT2D eigenvalue weighted by Gasteiger charge is -2.20. The molecule has 25 heavy (non-hydrogen) atoms. The van der Waals surface area contributed by atoms with Crippen molar-refractivity contribution >= 4 is 18.3 Å². The first-order valence-electron chi connectivity index (χ1n) is 7.93. The van der Waals surface area contributed by atoms with Crippen molar-refractivity contribution in [2.75, 3.05) is 20.8 Å². The van der Waals surface area contributed by atoms with E-state index in [1.807, 2.05) is 48.5 Å². The van der Waals surface area contributed by atoms with Gasteiger partial charge in [-0.05, 0) is 29.7 Å². The van der Waals surface area contributed by atoms with E-state index in [2.05, 4.69) is 5.32 Å². The smallest absolute Gasteiger partial charge is 0.221 e. The van der Waals surface area contributed by atoms with Crippen LogP contribution in [0.3, 0.4) is 0 Å². The Labute approximate surface area is 154 Å². The molecule has 2 aromatic carbocycles. The predicted octanol–water partition coefficient (Wildman–Crippen LogP) is 2.87. The van der Waals surface area contributed by atoms with Crippen LogP contribution in [-0.4, -0.2) is 26.7 Å². The lowest BCUT2D eigenvalue weighted by Crippen LogP contribution is -2.31. The maximum absolute atomic E-state index is 12.0. The standard InChI is InChI=1S/C19H24N2O3.ClH/c1-23-17-9-8-14(13-18(17)24-2)12-16(21-19(22)10-11-20)15-6-4-3-5-7-15;/h3-9,13,16H,10-12,20H2,1-2H3,(H,21,22);1H. The van der Waals surface area contributed by atoms with Gasteiger partial charge in [0.25, 0.3) is 0 Å². The highest BCUT2D eigenvalue weighted by Gasteiger charge is 2.16. The molecule has 0 aromatic heterocycles. The minimum Gasteiger partial charge on any atom is -0.493 e. The predicted molar refractivity (Wildman–Crippen MR) is 101 cm³/mol. The van der Waals surface area contributed by atoms with E-state index in [9.17, 15) is 4.79 Å². The molecule has 5 nitrogen and oxygen atoms in total. The van der Waals surface area contributed by atoms with E-state index < -0.39 is 0 Å². The van der Waals surface area contributed by atoms with Crippen LogP contribution in [0.5, 0.6) is 11.5 Å². The third kappa shape index (κ3) is 5.96. The quantitative estimate of drug-likeness (QED) is 0.755. The van der Waals surface area contributed by atoms with Gasteiger partial charge in [-0.1, -0.05) is 36.4 Å². The monoisotopic (exact) mass is 364 g/mol. The van der Waals surface area contributed by atoms with Crippen LogP contribution in [0.1, 0.15) is 23.6 Å². The number of nitrogens with one attached hydrogen (secondary N) is 1. The molecule has 0 radical (unpaired) electrons. The highest BCUT2D eigenvalue weighted by molar-refractivity contribution is 5.85. The first kappa shape index (κ1) is 20.8. The molecule has 2 rings (SSSR count). The number of benzene rings is 2. The third-order valence-corrected chi connectivity index (χ3v) is 3.80. The van der Waals surface area contributed by atoms with Crippen LogP contribution in [0.25, 0.3) is 0 Å². The first-order valence-corrected chi connectivity index (χ1v) is 7.93. The van der Waals surface area contributed by atoms with E-state index >= 15 is 0 Å². The second-order valence-corrected chi connectivity index (χ2v) is 5.46. The van der Waals surface area contributed by atoms with Crippen molar-refractivity contribution in [3.8, 4) is 11.5 Å². The topological polar surface area (TPSA) is 73.6 Å². The Bertz CT molecular complexity index is 665. The Morgan fingerprint density at radius 2 is 1.76 bits per heavy atom. The minimum absolute atomic E-state index is 0. The molecule has 0 fully saturated rings. The molecule has 0 spiro atoms. The van der Waals surface area contributed by atoms with E-state index in [1.54, 1.807) is 14.2 Å². The van der Waals surface area contributed by atoms with E-state index in [1.165, 1.54) is 0 Å². The molecular weight excluding hydrogens is 340 g/mol. The molecule has 0 aliphatic carbocycles. The summed E-state index contributed by atoms with van der Waals surface area (Å²) in [7, 11) is 3.22. The van der Waals surface area contributed by atoms with Gasteiger partial charge in [0.1, 0.15) is 0 Å². The summed E-state index contributed by atoms with van der Waals surface area (Å²) in [5.74, 6) is 1.31. The number of ether oxygens (including phenoxy) is 2. The maximum Gasteiger partial charge on any atom is 0.221 e. The Morgan fingerprint density at radius 1 is 1.08 bits per heavy atom. The largest absolute Gasteiger partial charge is 0.493 e. The number of methoxy groups -OCH3 is 2. The Kier molecular flexibility index (Phi) is 8.81. The number of halogens is 1. The van der Waals surface area contributed by atoms with Gasteiger partial charge in [-0.15, -0.1) is 12.4 Å². The average Bonchev–Trinajstić information content (AvgIpc) is 2.62. The normalized spacial score (nSPS) is 11.2. The van der Waals surface area contributed by atoms with Crippen molar-refractivity contribution in [3.63, 3.8) is 0 Å². The lowest BCUT2D eigenvalue weighted by atomic mass is 9.98. The van der Waals surface area contributed by atoms with Crippen LogP contribution in [0, 0.1) is 0 Å². The number of hydrogen-bond donors (Lipinski definition) is 2. The van der Waals surface area contributed by atoms with Crippen LogP contribution in [0.15, 0.2) is 48.5 Å². The Balaban J connectivity index is 0.00000312. The van der Waals surface area contributed by atoms with Crippen molar-refractivity contribution in [2.24, 2.45) is 5.73 Å². The van der Waals surface area contributed by atoms with Gasteiger partial charge in [0, 0.05) is 13.0 Å². The van der Waals surface area contributed by atoms with Gasteiger partial charge < -0.3 is 20.5 Å². The number of carbonyl (C=O) groups is 1. The fraction of sp³-hybridized carbons (Fsp3) is 0.316. The summed E-state index contributed by atoms with van der Waals surface area (Å²) < 4.78 is 10.6. The molecule has 1 amide bonds. The van der Waals surface area contributed by atoms with Gasteiger partial charge in [0.05, 0.1) is 20.3 Å². The van der Waals surface area contributed by atoms with E-state index in [0.29, 0.717) is 30.9 Å². The van der Waals surface area contributed by atoms with Crippen LogP contribution in [0.2, 0.25) is 0 Å². The highest BCUT2D eigenvalue weighted by Crippen LogP contribution is 2.29.